The summed E-state index contributed by atoms with van der Waals surface area (Å²) in [6.45, 7) is 8.45. The van der Waals surface area contributed by atoms with E-state index < -0.39 is 0 Å². The Morgan fingerprint density at radius 1 is 1.39 bits per heavy atom. The maximum atomic E-state index is 11.8. The number of aliphatic hydroxyl groups excluding tert-OH is 1. The molecule has 0 aliphatic carbocycles. The molecule has 0 aliphatic heterocycles. The molecule has 0 saturated carbocycles. The van der Waals surface area contributed by atoms with E-state index in [1.165, 1.54) is 4.90 Å². The average Bonchev–Trinajstić information content (AvgIpc) is 2.40. The van der Waals surface area contributed by atoms with Gasteiger partial charge in [-0.15, -0.1) is 0 Å². The zero-order valence-corrected chi connectivity index (χ0v) is 12.0. The first-order chi connectivity index (χ1) is 8.56. The Morgan fingerprint density at radius 2 is 2.00 bits per heavy atom. The molecule has 1 heterocycles. The van der Waals surface area contributed by atoms with Gasteiger partial charge in [0.1, 0.15) is 5.69 Å². The van der Waals surface area contributed by atoms with E-state index in [1.54, 1.807) is 19.3 Å². The molecular formula is C14H24N2O2. The SMILES string of the molecule is CC.CC(C)c1ccc(C(=O)N(C)CCO)nc1. The first-order valence-corrected chi connectivity index (χ1v) is 6.38. The summed E-state index contributed by atoms with van der Waals surface area (Å²) in [7, 11) is 1.65. The van der Waals surface area contributed by atoms with Crippen LogP contribution in [-0.2, 0) is 0 Å². The van der Waals surface area contributed by atoms with Crippen molar-refractivity contribution < 1.29 is 9.90 Å². The number of aromatic nitrogens is 1. The van der Waals surface area contributed by atoms with Crippen LogP contribution in [0.4, 0.5) is 0 Å². The lowest BCUT2D eigenvalue weighted by Gasteiger charge is -2.15. The van der Waals surface area contributed by atoms with Crippen LogP contribution >= 0.6 is 0 Å². The molecule has 0 aromatic carbocycles. The second-order valence-corrected chi connectivity index (χ2v) is 4.08. The molecule has 1 rings (SSSR count). The molecule has 1 amide bonds. The topological polar surface area (TPSA) is 53.4 Å². The Labute approximate surface area is 110 Å². The van der Waals surface area contributed by atoms with Gasteiger partial charge in [0.2, 0.25) is 0 Å². The smallest absolute Gasteiger partial charge is 0.272 e. The largest absolute Gasteiger partial charge is 0.395 e. The summed E-state index contributed by atoms with van der Waals surface area (Å²) in [6.07, 6.45) is 1.73. The quantitative estimate of drug-likeness (QED) is 0.894. The van der Waals surface area contributed by atoms with Crippen molar-refractivity contribution in [1.82, 2.24) is 9.88 Å². The fourth-order valence-corrected chi connectivity index (χ4v) is 1.32. The second-order valence-electron chi connectivity index (χ2n) is 4.08. The zero-order valence-electron chi connectivity index (χ0n) is 12.0. The monoisotopic (exact) mass is 252 g/mol. The Kier molecular flexibility index (Phi) is 7.96. The molecule has 0 saturated heterocycles. The lowest BCUT2D eigenvalue weighted by Crippen LogP contribution is -2.30. The molecule has 0 bridgehead atoms. The van der Waals surface area contributed by atoms with Gasteiger partial charge in [-0.05, 0) is 17.5 Å². The highest BCUT2D eigenvalue weighted by Gasteiger charge is 2.12. The van der Waals surface area contributed by atoms with E-state index in [9.17, 15) is 4.79 Å². The van der Waals surface area contributed by atoms with Gasteiger partial charge in [0.25, 0.3) is 5.91 Å². The molecule has 0 unspecified atom stereocenters. The fourth-order valence-electron chi connectivity index (χ4n) is 1.32. The van der Waals surface area contributed by atoms with E-state index in [0.29, 0.717) is 18.2 Å². The minimum atomic E-state index is -0.163. The van der Waals surface area contributed by atoms with Crippen molar-refractivity contribution in [2.45, 2.75) is 33.6 Å². The number of rotatable bonds is 4. The maximum absolute atomic E-state index is 11.8. The summed E-state index contributed by atoms with van der Waals surface area (Å²) in [5.41, 5.74) is 1.53. The number of carbonyl (C=O) groups is 1. The Balaban J connectivity index is 0.00000137. The fraction of sp³-hybridized carbons (Fsp3) is 0.571. The minimum absolute atomic E-state index is 0.0354. The summed E-state index contributed by atoms with van der Waals surface area (Å²) >= 11 is 0. The van der Waals surface area contributed by atoms with Crippen LogP contribution in [0.5, 0.6) is 0 Å². The lowest BCUT2D eigenvalue weighted by atomic mass is 10.1. The second kappa shape index (κ2) is 8.64. The molecule has 0 aliphatic rings. The lowest BCUT2D eigenvalue weighted by molar-refractivity contribution is 0.0761. The van der Waals surface area contributed by atoms with Crippen LogP contribution in [0.1, 0.15) is 49.7 Å². The number of hydrogen-bond donors (Lipinski definition) is 1. The first kappa shape index (κ1) is 16.6. The van der Waals surface area contributed by atoms with Crippen LogP contribution in [0.2, 0.25) is 0 Å². The highest BCUT2D eigenvalue weighted by atomic mass is 16.3. The third-order valence-corrected chi connectivity index (χ3v) is 2.45. The molecule has 0 radical (unpaired) electrons. The molecule has 18 heavy (non-hydrogen) atoms. The molecule has 1 aromatic heterocycles. The van der Waals surface area contributed by atoms with Crippen LogP contribution in [0.25, 0.3) is 0 Å². The Bertz CT molecular complexity index is 347. The summed E-state index contributed by atoms with van der Waals surface area (Å²) < 4.78 is 0. The van der Waals surface area contributed by atoms with Gasteiger partial charge in [0, 0.05) is 19.8 Å². The standard InChI is InChI=1S/C12H18N2O2.C2H6/c1-9(2)10-4-5-11(13-8-10)12(16)14(3)6-7-15;1-2/h4-5,8-9,15H,6-7H2,1-3H3;1-2H3. The van der Waals surface area contributed by atoms with Crippen molar-refractivity contribution in [2.75, 3.05) is 20.2 Å². The van der Waals surface area contributed by atoms with Crippen LogP contribution in [-0.4, -0.2) is 41.1 Å². The molecule has 4 heteroatoms. The summed E-state index contributed by atoms with van der Waals surface area (Å²) in [5.74, 6) is 0.246. The predicted octanol–water partition coefficient (Wildman–Crippen LogP) is 2.30. The molecule has 1 aromatic rings. The molecule has 0 fully saturated rings. The van der Waals surface area contributed by atoms with E-state index in [1.807, 2.05) is 19.9 Å². The van der Waals surface area contributed by atoms with Crippen LogP contribution < -0.4 is 0 Å². The van der Waals surface area contributed by atoms with Crippen molar-refractivity contribution in [3.05, 3.63) is 29.6 Å². The molecule has 0 spiro atoms. The van der Waals surface area contributed by atoms with E-state index in [0.717, 1.165) is 5.56 Å². The van der Waals surface area contributed by atoms with Gasteiger partial charge in [-0.25, -0.2) is 0 Å². The highest BCUT2D eigenvalue weighted by Crippen LogP contribution is 2.13. The van der Waals surface area contributed by atoms with E-state index >= 15 is 0 Å². The van der Waals surface area contributed by atoms with E-state index in [4.69, 9.17) is 5.11 Å². The number of likely N-dealkylation sites (N-methyl/N-ethyl adjacent to an activating group) is 1. The van der Waals surface area contributed by atoms with Crippen molar-refractivity contribution in [3.63, 3.8) is 0 Å². The number of carbonyl (C=O) groups excluding carboxylic acids is 1. The summed E-state index contributed by atoms with van der Waals surface area (Å²) in [6, 6.07) is 3.64. The van der Waals surface area contributed by atoms with Crippen molar-refractivity contribution in [2.24, 2.45) is 0 Å². The van der Waals surface area contributed by atoms with E-state index in [-0.39, 0.29) is 12.5 Å². The third-order valence-electron chi connectivity index (χ3n) is 2.45. The number of aliphatic hydroxyl groups is 1. The normalized spacial score (nSPS) is 9.72. The molecule has 0 atom stereocenters. The van der Waals surface area contributed by atoms with Gasteiger partial charge in [-0.2, -0.15) is 0 Å². The Hall–Kier alpha value is -1.42. The van der Waals surface area contributed by atoms with Gasteiger partial charge in [-0.3, -0.25) is 9.78 Å². The van der Waals surface area contributed by atoms with Crippen molar-refractivity contribution in [3.8, 4) is 0 Å². The van der Waals surface area contributed by atoms with Crippen molar-refractivity contribution in [1.29, 1.82) is 0 Å². The molecule has 1 N–H and O–H groups in total. The van der Waals surface area contributed by atoms with Crippen LogP contribution in [0, 0.1) is 0 Å². The summed E-state index contributed by atoms with van der Waals surface area (Å²) in [5, 5.41) is 8.74. The number of hydrogen-bond acceptors (Lipinski definition) is 3. The van der Waals surface area contributed by atoms with Crippen molar-refractivity contribution >= 4 is 5.91 Å². The number of pyridine rings is 1. The minimum Gasteiger partial charge on any atom is -0.395 e. The Morgan fingerprint density at radius 3 is 2.39 bits per heavy atom. The molecular weight excluding hydrogens is 228 g/mol. The van der Waals surface area contributed by atoms with Gasteiger partial charge < -0.3 is 10.0 Å². The predicted molar refractivity (Wildman–Crippen MR) is 73.7 cm³/mol. The number of nitrogens with zero attached hydrogens (tertiary/aromatic N) is 2. The van der Waals surface area contributed by atoms with Crippen LogP contribution in [0.3, 0.4) is 0 Å². The maximum Gasteiger partial charge on any atom is 0.272 e. The molecule has 4 nitrogen and oxygen atoms in total. The van der Waals surface area contributed by atoms with Gasteiger partial charge in [0.05, 0.1) is 6.61 Å². The third kappa shape index (κ3) is 4.84. The van der Waals surface area contributed by atoms with Crippen LogP contribution in [0.15, 0.2) is 18.3 Å². The first-order valence-electron chi connectivity index (χ1n) is 6.38. The van der Waals surface area contributed by atoms with Gasteiger partial charge in [-0.1, -0.05) is 33.8 Å². The highest BCUT2D eigenvalue weighted by molar-refractivity contribution is 5.92. The van der Waals surface area contributed by atoms with E-state index in [2.05, 4.69) is 18.8 Å². The summed E-state index contributed by atoms with van der Waals surface area (Å²) in [4.78, 5) is 17.4. The van der Waals surface area contributed by atoms with Gasteiger partial charge in [0.15, 0.2) is 0 Å². The average molecular weight is 252 g/mol. The van der Waals surface area contributed by atoms with Gasteiger partial charge >= 0.3 is 0 Å². The number of amides is 1. The zero-order chi connectivity index (χ0) is 14.1. The molecule has 102 valence electrons.